The standard InChI is InChI=1S/C22H29N3O2/c1-5-6-9-21-13-24-11-20(3,18(21)26)12-25(14-21)22(24)16-10-15(2)7-8-17(16)23(4)19(22)27/h7-8,10H,5-6,9,11-14H2,1-4H3/p+2. The van der Waals surface area contributed by atoms with Crippen molar-refractivity contribution in [2.24, 2.45) is 10.8 Å². The number of ketones is 1. The zero-order valence-corrected chi connectivity index (χ0v) is 16.9. The Morgan fingerprint density at radius 1 is 1.11 bits per heavy atom. The molecule has 144 valence electrons. The molecule has 1 aromatic carbocycles. The highest BCUT2D eigenvalue weighted by Crippen LogP contribution is 2.44. The third-order valence-corrected chi connectivity index (χ3v) is 7.95. The van der Waals surface area contributed by atoms with Crippen molar-refractivity contribution in [3.63, 3.8) is 0 Å². The quantitative estimate of drug-likeness (QED) is 0.768. The molecule has 2 atom stereocenters. The molecule has 0 radical (unpaired) electrons. The number of carbonyl (C=O) groups excluding carboxylic acids is 2. The maximum atomic E-state index is 13.7. The van der Waals surface area contributed by atoms with Crippen molar-refractivity contribution in [1.82, 2.24) is 0 Å². The van der Waals surface area contributed by atoms with Crippen molar-refractivity contribution in [2.75, 3.05) is 38.1 Å². The van der Waals surface area contributed by atoms with E-state index in [2.05, 4.69) is 39.0 Å². The van der Waals surface area contributed by atoms with Crippen molar-refractivity contribution >= 4 is 17.4 Å². The van der Waals surface area contributed by atoms with Crippen LogP contribution in [0.4, 0.5) is 5.69 Å². The van der Waals surface area contributed by atoms with Crippen LogP contribution in [-0.4, -0.2) is 44.9 Å². The molecule has 2 N–H and O–H groups in total. The molecule has 1 spiro atoms. The average Bonchev–Trinajstić information content (AvgIpc) is 2.83. The third kappa shape index (κ3) is 1.87. The Kier molecular flexibility index (Phi) is 3.35. The number of hydrogen-bond donors (Lipinski definition) is 2. The molecule has 4 saturated heterocycles. The lowest BCUT2D eigenvalue weighted by Crippen LogP contribution is -3.48. The van der Waals surface area contributed by atoms with E-state index < -0.39 is 5.66 Å². The Labute approximate surface area is 161 Å². The van der Waals surface area contributed by atoms with Crippen molar-refractivity contribution in [3.8, 4) is 0 Å². The number of benzene rings is 1. The van der Waals surface area contributed by atoms with Crippen molar-refractivity contribution in [3.05, 3.63) is 29.3 Å². The van der Waals surface area contributed by atoms with Crippen molar-refractivity contribution in [1.29, 1.82) is 0 Å². The molecule has 5 heterocycles. The van der Waals surface area contributed by atoms with Gasteiger partial charge in [0.2, 0.25) is 0 Å². The summed E-state index contributed by atoms with van der Waals surface area (Å²) in [5.74, 6) is 0.697. The first-order valence-corrected chi connectivity index (χ1v) is 10.4. The monoisotopic (exact) mass is 369 g/mol. The molecule has 5 heteroatoms. The number of likely N-dealkylation sites (N-methyl/N-ethyl adjacent to an activating group) is 1. The Morgan fingerprint density at radius 2 is 1.78 bits per heavy atom. The van der Waals surface area contributed by atoms with E-state index >= 15 is 0 Å². The van der Waals surface area contributed by atoms with Gasteiger partial charge >= 0.3 is 11.6 Å². The summed E-state index contributed by atoms with van der Waals surface area (Å²) in [6.07, 6.45) is 3.19. The van der Waals surface area contributed by atoms with Crippen LogP contribution in [0, 0.1) is 17.8 Å². The number of nitrogens with one attached hydrogen (secondary N) is 2. The fraction of sp³-hybridized carbons (Fsp3) is 0.636. The Balaban J connectivity index is 1.68. The van der Waals surface area contributed by atoms with Gasteiger partial charge in [0.05, 0.1) is 5.69 Å². The second-order valence-electron chi connectivity index (χ2n) is 9.82. The zero-order chi connectivity index (χ0) is 19.2. The van der Waals surface area contributed by atoms with Gasteiger partial charge in [-0.25, -0.2) is 0 Å². The molecule has 0 saturated carbocycles. The number of piperidine rings is 2. The van der Waals surface area contributed by atoms with E-state index in [1.165, 1.54) is 20.9 Å². The molecule has 0 aliphatic carbocycles. The summed E-state index contributed by atoms with van der Waals surface area (Å²) in [6.45, 7) is 9.67. The second-order valence-corrected chi connectivity index (χ2v) is 9.82. The molecule has 5 nitrogen and oxygen atoms in total. The lowest BCUT2D eigenvalue weighted by atomic mass is 9.57. The van der Waals surface area contributed by atoms with Crippen LogP contribution < -0.4 is 14.7 Å². The number of hydrogen-bond acceptors (Lipinski definition) is 2. The number of nitrogens with zero attached hydrogens (tertiary/aromatic N) is 1. The van der Waals surface area contributed by atoms with Crippen molar-refractivity contribution < 1.29 is 19.4 Å². The predicted octanol–water partition coefficient (Wildman–Crippen LogP) is -0.313. The van der Waals surface area contributed by atoms with Crippen LogP contribution in [-0.2, 0) is 15.3 Å². The average molecular weight is 370 g/mol. The first kappa shape index (κ1) is 17.4. The molecule has 2 unspecified atom stereocenters. The lowest BCUT2D eigenvalue weighted by Gasteiger charge is -2.62. The summed E-state index contributed by atoms with van der Waals surface area (Å²) in [5.41, 5.74) is 2.37. The summed E-state index contributed by atoms with van der Waals surface area (Å²) in [6, 6.07) is 6.42. The van der Waals surface area contributed by atoms with Gasteiger partial charge in [-0.1, -0.05) is 31.4 Å². The second kappa shape index (κ2) is 5.21. The summed E-state index contributed by atoms with van der Waals surface area (Å²) < 4.78 is 0. The number of amides is 1. The number of unbranched alkanes of at least 4 members (excludes halogenated alkanes) is 1. The van der Waals surface area contributed by atoms with Crippen LogP contribution in [0.2, 0.25) is 0 Å². The Bertz CT molecular complexity index is 845. The SMILES string of the molecule is CCCCC12C[NH+]3CC(C)(C[NH+](C1)C31C(=O)N(C)c3ccc(C)cc31)C2=O. The Morgan fingerprint density at radius 3 is 2.41 bits per heavy atom. The number of carbonyl (C=O) groups is 2. The van der Waals surface area contributed by atoms with E-state index in [1.807, 2.05) is 11.9 Å². The summed E-state index contributed by atoms with van der Waals surface area (Å²) in [5, 5.41) is 0. The smallest absolute Gasteiger partial charge is 0.303 e. The minimum Gasteiger partial charge on any atom is -0.303 e. The number of fused-ring (bicyclic) bond motifs is 1. The molecular formula is C22H31N3O2+2. The van der Waals surface area contributed by atoms with E-state index in [0.717, 1.165) is 51.1 Å². The molecule has 1 aromatic rings. The molecule has 5 aliphatic heterocycles. The van der Waals surface area contributed by atoms with Gasteiger partial charge in [-0.05, 0) is 32.4 Å². The maximum Gasteiger partial charge on any atom is 0.353 e. The largest absolute Gasteiger partial charge is 0.353 e. The van der Waals surface area contributed by atoms with Crippen LogP contribution in [0.3, 0.4) is 0 Å². The first-order chi connectivity index (χ1) is 12.8. The highest BCUT2D eigenvalue weighted by molar-refractivity contribution is 6.05. The minimum atomic E-state index is -0.550. The number of aryl methyl sites for hydroxylation is 1. The predicted molar refractivity (Wildman–Crippen MR) is 103 cm³/mol. The molecule has 27 heavy (non-hydrogen) atoms. The van der Waals surface area contributed by atoms with Gasteiger partial charge < -0.3 is 4.90 Å². The fourth-order valence-corrected chi connectivity index (χ4v) is 6.96. The van der Waals surface area contributed by atoms with Crippen LogP contribution in [0.1, 0.15) is 44.2 Å². The normalized spacial score (nSPS) is 41.7. The van der Waals surface area contributed by atoms with Crippen LogP contribution in [0.15, 0.2) is 18.2 Å². The van der Waals surface area contributed by atoms with Gasteiger partial charge in [-0.15, -0.1) is 0 Å². The lowest BCUT2D eigenvalue weighted by molar-refractivity contribution is -1.20. The van der Waals surface area contributed by atoms with E-state index in [0.29, 0.717) is 5.78 Å². The van der Waals surface area contributed by atoms with Crippen molar-refractivity contribution in [2.45, 2.75) is 45.7 Å². The first-order valence-electron chi connectivity index (χ1n) is 10.4. The third-order valence-electron chi connectivity index (χ3n) is 7.95. The molecule has 6 rings (SSSR count). The van der Waals surface area contributed by atoms with Crippen LogP contribution in [0.25, 0.3) is 0 Å². The van der Waals surface area contributed by atoms with Gasteiger partial charge in [0.1, 0.15) is 42.6 Å². The summed E-state index contributed by atoms with van der Waals surface area (Å²) >= 11 is 0. The van der Waals surface area contributed by atoms with Gasteiger partial charge in [0.15, 0.2) is 5.78 Å². The highest BCUT2D eigenvalue weighted by atomic mass is 16.2. The van der Waals surface area contributed by atoms with Crippen LogP contribution >= 0.6 is 0 Å². The number of rotatable bonds is 3. The zero-order valence-electron chi connectivity index (χ0n) is 16.9. The number of anilines is 1. The minimum absolute atomic E-state index is 0.216. The molecular weight excluding hydrogens is 338 g/mol. The van der Waals surface area contributed by atoms with Gasteiger partial charge in [-0.3, -0.25) is 19.4 Å². The fourth-order valence-electron chi connectivity index (χ4n) is 6.96. The number of quaternary nitrogens is 2. The molecule has 1 amide bonds. The Hall–Kier alpha value is -1.72. The van der Waals surface area contributed by atoms with E-state index in [9.17, 15) is 9.59 Å². The highest BCUT2D eigenvalue weighted by Gasteiger charge is 2.79. The molecule has 4 bridgehead atoms. The molecule has 4 fully saturated rings. The summed E-state index contributed by atoms with van der Waals surface area (Å²) in [4.78, 5) is 31.7. The van der Waals surface area contributed by atoms with Crippen LogP contribution in [0.5, 0.6) is 0 Å². The van der Waals surface area contributed by atoms with Gasteiger partial charge in [0, 0.05) is 7.05 Å². The van der Waals surface area contributed by atoms with Gasteiger partial charge in [-0.2, -0.15) is 0 Å². The molecule has 0 aromatic heterocycles. The van der Waals surface area contributed by atoms with Gasteiger partial charge in [0.25, 0.3) is 0 Å². The van der Waals surface area contributed by atoms with E-state index in [-0.39, 0.29) is 16.7 Å². The molecule has 5 aliphatic rings. The maximum absolute atomic E-state index is 13.7. The number of Topliss-reactive ketones (excluding diaryl/α,β-unsaturated/α-hetero) is 1. The summed E-state index contributed by atoms with van der Waals surface area (Å²) in [7, 11) is 1.91. The topological polar surface area (TPSA) is 46.3 Å². The van der Waals surface area contributed by atoms with E-state index in [4.69, 9.17) is 0 Å². The van der Waals surface area contributed by atoms with E-state index in [1.54, 1.807) is 0 Å².